The first kappa shape index (κ1) is 31.5. The molecule has 9 aromatic carbocycles. The van der Waals surface area contributed by atoms with Crippen molar-refractivity contribution in [2.45, 2.75) is 0 Å². The summed E-state index contributed by atoms with van der Waals surface area (Å²) in [6.07, 6.45) is 0. The second-order valence-electron chi connectivity index (χ2n) is 14.0. The van der Waals surface area contributed by atoms with Gasteiger partial charge in [0.2, 0.25) is 0 Å². The van der Waals surface area contributed by atoms with Crippen LogP contribution in [0.2, 0.25) is 0 Å². The molecule has 4 heteroatoms. The first-order valence-corrected chi connectivity index (χ1v) is 19.3. The van der Waals surface area contributed by atoms with Crippen LogP contribution in [-0.2, 0) is 0 Å². The number of benzene rings is 9. The van der Waals surface area contributed by atoms with Gasteiger partial charge in [-0.1, -0.05) is 158 Å². The van der Waals surface area contributed by atoms with Gasteiger partial charge in [0, 0.05) is 42.2 Å². The Kier molecular flexibility index (Phi) is 7.35. The highest BCUT2D eigenvalue weighted by molar-refractivity contribution is 7.26. The fourth-order valence-corrected chi connectivity index (χ4v) is 9.32. The van der Waals surface area contributed by atoms with Crippen molar-refractivity contribution in [3.05, 3.63) is 188 Å². The van der Waals surface area contributed by atoms with Gasteiger partial charge in [-0.25, -0.2) is 15.0 Å². The van der Waals surface area contributed by atoms with Gasteiger partial charge in [0.15, 0.2) is 17.5 Å². The molecule has 0 N–H and O–H groups in total. The lowest BCUT2D eigenvalue weighted by molar-refractivity contribution is 1.07. The minimum absolute atomic E-state index is 0.635. The summed E-state index contributed by atoms with van der Waals surface area (Å²) in [6.45, 7) is 0. The Labute approximate surface area is 321 Å². The van der Waals surface area contributed by atoms with Crippen molar-refractivity contribution in [2.75, 3.05) is 0 Å². The van der Waals surface area contributed by atoms with Crippen LogP contribution < -0.4 is 0 Å². The maximum atomic E-state index is 5.12. The number of aromatic nitrogens is 3. The van der Waals surface area contributed by atoms with E-state index in [2.05, 4.69) is 152 Å². The lowest BCUT2D eigenvalue weighted by atomic mass is 9.90. The Morgan fingerprint density at radius 1 is 0.273 bits per heavy atom. The standard InChI is InChI=1S/C51H31N3S/c1-4-14-32(15-5-1)36-28-37(30-38(29-36)51-53-49(33-16-6-2-7-17-33)52-50(54-51)34-18-8-3-9-19-34)35-24-25-43-45(31-35)40-21-11-10-20-39(40)42-26-27-44-41-22-12-13-23-46(41)55-48(44)47(42)43/h1-31H. The SMILES string of the molecule is c1ccc(-c2cc(-c3ccc4c(c3)c3ccccc3c3ccc5c6ccccc6sc5c34)cc(-c3nc(-c4ccccc4)nc(-c4ccccc4)n3)c2)cc1. The van der Waals surface area contributed by atoms with E-state index in [0.29, 0.717) is 17.5 Å². The zero-order valence-electron chi connectivity index (χ0n) is 29.6. The van der Waals surface area contributed by atoms with Gasteiger partial charge in [-0.2, -0.15) is 0 Å². The van der Waals surface area contributed by atoms with Crippen LogP contribution in [0.1, 0.15) is 0 Å². The molecule has 0 aliphatic rings. The normalized spacial score (nSPS) is 11.6. The van der Waals surface area contributed by atoms with Gasteiger partial charge >= 0.3 is 0 Å². The molecular formula is C51H31N3S. The number of rotatable bonds is 5. The minimum Gasteiger partial charge on any atom is -0.208 e. The van der Waals surface area contributed by atoms with Crippen LogP contribution in [0.3, 0.4) is 0 Å². The zero-order valence-corrected chi connectivity index (χ0v) is 30.5. The van der Waals surface area contributed by atoms with E-state index < -0.39 is 0 Å². The molecule has 2 aromatic heterocycles. The van der Waals surface area contributed by atoms with Crippen molar-refractivity contribution in [3.8, 4) is 56.4 Å². The maximum Gasteiger partial charge on any atom is 0.164 e. The Bertz CT molecular complexity index is 3190. The van der Waals surface area contributed by atoms with Crippen molar-refractivity contribution in [2.24, 2.45) is 0 Å². The average Bonchev–Trinajstić information content (AvgIpc) is 3.66. The molecule has 11 rings (SSSR count). The molecule has 0 spiro atoms. The zero-order chi connectivity index (χ0) is 36.3. The van der Waals surface area contributed by atoms with E-state index in [1.807, 2.05) is 47.7 Å². The molecule has 0 unspecified atom stereocenters. The molecule has 0 aliphatic carbocycles. The number of hydrogen-bond donors (Lipinski definition) is 0. The summed E-state index contributed by atoms with van der Waals surface area (Å²) in [4.78, 5) is 15.2. The molecule has 0 atom stereocenters. The fraction of sp³-hybridized carbons (Fsp3) is 0. The smallest absolute Gasteiger partial charge is 0.164 e. The second kappa shape index (κ2) is 12.8. The van der Waals surface area contributed by atoms with Gasteiger partial charge < -0.3 is 0 Å². The van der Waals surface area contributed by atoms with Crippen molar-refractivity contribution in [3.63, 3.8) is 0 Å². The Morgan fingerprint density at radius 3 is 1.38 bits per heavy atom. The van der Waals surface area contributed by atoms with Gasteiger partial charge in [0.05, 0.1) is 0 Å². The third-order valence-electron chi connectivity index (χ3n) is 10.7. The predicted octanol–water partition coefficient (Wildman–Crippen LogP) is 14.0. The van der Waals surface area contributed by atoms with Gasteiger partial charge in [-0.3, -0.25) is 0 Å². The number of fused-ring (bicyclic) bond motifs is 10. The van der Waals surface area contributed by atoms with Crippen LogP contribution in [0.25, 0.3) is 109 Å². The molecule has 0 amide bonds. The first-order chi connectivity index (χ1) is 27.2. The second-order valence-corrected chi connectivity index (χ2v) is 15.0. The third-order valence-corrected chi connectivity index (χ3v) is 11.9. The van der Waals surface area contributed by atoms with Crippen LogP contribution in [0.4, 0.5) is 0 Å². The molecule has 0 radical (unpaired) electrons. The summed E-state index contributed by atoms with van der Waals surface area (Å²) in [5.74, 6) is 1.93. The van der Waals surface area contributed by atoms with Crippen molar-refractivity contribution < 1.29 is 0 Å². The largest absolute Gasteiger partial charge is 0.208 e. The number of hydrogen-bond acceptors (Lipinski definition) is 4. The summed E-state index contributed by atoms with van der Waals surface area (Å²) >= 11 is 1.89. The third kappa shape index (κ3) is 5.38. The Morgan fingerprint density at radius 2 is 0.727 bits per heavy atom. The Hall–Kier alpha value is -7.01. The molecule has 256 valence electrons. The van der Waals surface area contributed by atoms with E-state index in [-0.39, 0.29) is 0 Å². The molecule has 3 nitrogen and oxygen atoms in total. The highest BCUT2D eigenvalue weighted by atomic mass is 32.1. The summed E-state index contributed by atoms with van der Waals surface area (Å²) < 4.78 is 2.66. The highest BCUT2D eigenvalue weighted by Gasteiger charge is 2.18. The van der Waals surface area contributed by atoms with Crippen LogP contribution in [0, 0.1) is 0 Å². The summed E-state index contributed by atoms with van der Waals surface area (Å²) in [7, 11) is 0. The molecule has 55 heavy (non-hydrogen) atoms. The topological polar surface area (TPSA) is 38.7 Å². The molecule has 0 aliphatic heterocycles. The van der Waals surface area contributed by atoms with Gasteiger partial charge in [-0.15, -0.1) is 11.3 Å². The summed E-state index contributed by atoms with van der Waals surface area (Å²) in [5.41, 5.74) is 7.31. The van der Waals surface area contributed by atoms with Crippen LogP contribution in [0.15, 0.2) is 188 Å². The summed E-state index contributed by atoms with van der Waals surface area (Å²) in [5, 5.41) is 10.3. The Balaban J connectivity index is 1.17. The van der Waals surface area contributed by atoms with E-state index in [1.54, 1.807) is 0 Å². The van der Waals surface area contributed by atoms with Crippen LogP contribution in [0.5, 0.6) is 0 Å². The van der Waals surface area contributed by atoms with E-state index in [4.69, 9.17) is 15.0 Å². The molecule has 2 heterocycles. The summed E-state index contributed by atoms with van der Waals surface area (Å²) in [6, 6.07) is 66.9. The molecule has 0 fully saturated rings. The van der Waals surface area contributed by atoms with Gasteiger partial charge in [0.1, 0.15) is 0 Å². The van der Waals surface area contributed by atoms with E-state index in [0.717, 1.165) is 38.9 Å². The predicted molar refractivity (Wildman–Crippen MR) is 232 cm³/mol. The molecule has 0 saturated heterocycles. The van der Waals surface area contributed by atoms with Crippen LogP contribution >= 0.6 is 11.3 Å². The molecule has 0 saturated carbocycles. The van der Waals surface area contributed by atoms with E-state index in [1.165, 1.54) is 52.5 Å². The van der Waals surface area contributed by atoms with Crippen molar-refractivity contribution in [1.82, 2.24) is 15.0 Å². The molecule has 11 aromatic rings. The van der Waals surface area contributed by atoms with E-state index >= 15 is 0 Å². The van der Waals surface area contributed by atoms with Crippen molar-refractivity contribution in [1.29, 1.82) is 0 Å². The van der Waals surface area contributed by atoms with Gasteiger partial charge in [-0.05, 0) is 79.5 Å². The minimum atomic E-state index is 0.635. The average molecular weight is 718 g/mol. The number of nitrogens with zero attached hydrogens (tertiary/aromatic N) is 3. The van der Waals surface area contributed by atoms with Crippen LogP contribution in [-0.4, -0.2) is 15.0 Å². The van der Waals surface area contributed by atoms with E-state index in [9.17, 15) is 0 Å². The monoisotopic (exact) mass is 717 g/mol. The lowest BCUT2D eigenvalue weighted by Gasteiger charge is -2.15. The maximum absolute atomic E-state index is 5.12. The van der Waals surface area contributed by atoms with Crippen molar-refractivity contribution >= 4 is 63.8 Å². The molecular weight excluding hydrogens is 687 g/mol. The number of thiophene rings is 1. The first-order valence-electron chi connectivity index (χ1n) is 18.5. The lowest BCUT2D eigenvalue weighted by Crippen LogP contribution is -2.00. The van der Waals surface area contributed by atoms with Gasteiger partial charge in [0.25, 0.3) is 0 Å². The highest BCUT2D eigenvalue weighted by Crippen LogP contribution is 2.45. The fourth-order valence-electron chi connectivity index (χ4n) is 8.06. The quantitative estimate of drug-likeness (QED) is 0.166. The molecule has 0 bridgehead atoms.